The molecule has 0 fully saturated rings. The number of hydrogen-bond acceptors (Lipinski definition) is 4. The highest BCUT2D eigenvalue weighted by Gasteiger charge is 2.17. The Morgan fingerprint density at radius 3 is 2.69 bits per heavy atom. The highest BCUT2D eigenvalue weighted by Crippen LogP contribution is 2.21. The van der Waals surface area contributed by atoms with E-state index in [4.69, 9.17) is 10.5 Å². The van der Waals surface area contributed by atoms with E-state index in [0.29, 0.717) is 6.61 Å². The molecule has 0 aliphatic carbocycles. The Kier molecular flexibility index (Phi) is 4.00. The Morgan fingerprint density at radius 1 is 1.50 bits per heavy atom. The predicted octanol–water partition coefficient (Wildman–Crippen LogP) is 1.41. The molecule has 0 aliphatic heterocycles. The second-order valence-corrected chi connectivity index (χ2v) is 3.58. The highest BCUT2D eigenvalue weighted by atomic mass is 19.1. The second kappa shape index (κ2) is 5.07. The van der Waals surface area contributed by atoms with E-state index in [-0.39, 0.29) is 17.7 Å². The summed E-state index contributed by atoms with van der Waals surface area (Å²) in [5, 5.41) is 0. The van der Waals surface area contributed by atoms with Crippen LogP contribution in [-0.2, 0) is 4.74 Å². The first-order valence-corrected chi connectivity index (χ1v) is 4.80. The molecule has 1 unspecified atom stereocenters. The first-order chi connectivity index (χ1) is 7.47. The van der Waals surface area contributed by atoms with Crippen molar-refractivity contribution in [2.24, 2.45) is 0 Å². The molecule has 0 radical (unpaired) electrons. The number of nitrogen functional groups attached to an aromatic ring is 1. The summed E-state index contributed by atoms with van der Waals surface area (Å²) in [7, 11) is 3.19. The molecule has 1 heterocycles. The average Bonchev–Trinajstić information content (AvgIpc) is 2.23. The van der Waals surface area contributed by atoms with Gasteiger partial charge in [-0.3, -0.25) is 0 Å². The molecular formula is C10H15F2N3O. The SMILES string of the molecule is COCC(C)N(C)c1nc(N)c(F)cc1F. The van der Waals surface area contributed by atoms with Crippen LogP contribution >= 0.6 is 0 Å². The number of pyridine rings is 1. The van der Waals surface area contributed by atoms with Crippen LogP contribution in [0.2, 0.25) is 0 Å². The van der Waals surface area contributed by atoms with E-state index in [1.165, 1.54) is 0 Å². The number of aromatic nitrogens is 1. The fraction of sp³-hybridized carbons (Fsp3) is 0.500. The number of methoxy groups -OCH3 is 1. The summed E-state index contributed by atoms with van der Waals surface area (Å²) < 4.78 is 31.3. The standard InChI is InChI=1S/C10H15F2N3O/c1-6(5-16-3)15(2)10-8(12)4-7(11)9(13)14-10/h4,6H,5H2,1-3H3,(H2,13,14). The summed E-state index contributed by atoms with van der Waals surface area (Å²) in [6.45, 7) is 2.25. The zero-order valence-electron chi connectivity index (χ0n) is 9.50. The third kappa shape index (κ3) is 2.57. The summed E-state index contributed by atoms with van der Waals surface area (Å²) in [6, 6.07) is 0.644. The summed E-state index contributed by atoms with van der Waals surface area (Å²) in [6.07, 6.45) is 0. The molecule has 0 aromatic carbocycles. The number of likely N-dealkylation sites (N-methyl/N-ethyl adjacent to an activating group) is 1. The Bertz CT molecular complexity index is 373. The van der Waals surface area contributed by atoms with E-state index in [9.17, 15) is 8.78 Å². The van der Waals surface area contributed by atoms with Crippen molar-refractivity contribution in [1.82, 2.24) is 4.98 Å². The number of nitrogens with zero attached hydrogens (tertiary/aromatic N) is 2. The van der Waals surface area contributed by atoms with Gasteiger partial charge in [0.15, 0.2) is 23.3 Å². The van der Waals surface area contributed by atoms with Gasteiger partial charge >= 0.3 is 0 Å². The van der Waals surface area contributed by atoms with E-state index in [1.54, 1.807) is 19.1 Å². The van der Waals surface area contributed by atoms with E-state index in [0.717, 1.165) is 6.07 Å². The smallest absolute Gasteiger partial charge is 0.168 e. The Hall–Kier alpha value is -1.43. The molecule has 1 aromatic rings. The molecule has 2 N–H and O–H groups in total. The van der Waals surface area contributed by atoms with Crippen LogP contribution in [0.15, 0.2) is 6.07 Å². The number of anilines is 2. The van der Waals surface area contributed by atoms with Crippen molar-refractivity contribution >= 4 is 11.6 Å². The number of nitrogens with two attached hydrogens (primary N) is 1. The first-order valence-electron chi connectivity index (χ1n) is 4.80. The number of ether oxygens (including phenoxy) is 1. The maximum absolute atomic E-state index is 13.4. The van der Waals surface area contributed by atoms with Gasteiger partial charge in [0.25, 0.3) is 0 Å². The highest BCUT2D eigenvalue weighted by molar-refractivity contribution is 5.47. The molecule has 0 amide bonds. The molecule has 90 valence electrons. The van der Waals surface area contributed by atoms with Gasteiger partial charge < -0.3 is 15.4 Å². The Morgan fingerprint density at radius 2 is 2.12 bits per heavy atom. The maximum atomic E-state index is 13.4. The van der Waals surface area contributed by atoms with Crippen LogP contribution in [0.1, 0.15) is 6.92 Å². The summed E-state index contributed by atoms with van der Waals surface area (Å²) in [5.41, 5.74) is 5.29. The zero-order valence-corrected chi connectivity index (χ0v) is 9.50. The minimum absolute atomic E-state index is 0.0171. The Labute approximate surface area is 93.0 Å². The van der Waals surface area contributed by atoms with Gasteiger partial charge in [0, 0.05) is 20.2 Å². The summed E-state index contributed by atoms with van der Waals surface area (Å²) in [5.74, 6) is -1.89. The lowest BCUT2D eigenvalue weighted by Crippen LogP contribution is -2.34. The lowest BCUT2D eigenvalue weighted by atomic mass is 10.3. The largest absolute Gasteiger partial charge is 0.383 e. The summed E-state index contributed by atoms with van der Waals surface area (Å²) in [4.78, 5) is 5.22. The van der Waals surface area contributed by atoms with Gasteiger partial charge in [-0.2, -0.15) is 0 Å². The van der Waals surface area contributed by atoms with E-state index < -0.39 is 11.6 Å². The number of hydrogen-bond donors (Lipinski definition) is 1. The van der Waals surface area contributed by atoms with Gasteiger partial charge in [-0.05, 0) is 6.92 Å². The fourth-order valence-electron chi connectivity index (χ4n) is 1.28. The van der Waals surface area contributed by atoms with Crippen LogP contribution < -0.4 is 10.6 Å². The lowest BCUT2D eigenvalue weighted by molar-refractivity contribution is 0.183. The van der Waals surface area contributed by atoms with Gasteiger partial charge in [0.05, 0.1) is 12.6 Å². The second-order valence-electron chi connectivity index (χ2n) is 3.58. The first kappa shape index (κ1) is 12.6. The van der Waals surface area contributed by atoms with Crippen LogP contribution in [0, 0.1) is 11.6 Å². The van der Waals surface area contributed by atoms with Gasteiger partial charge in [-0.1, -0.05) is 0 Å². The molecule has 0 saturated heterocycles. The molecule has 6 heteroatoms. The van der Waals surface area contributed by atoms with E-state index >= 15 is 0 Å². The third-order valence-corrected chi connectivity index (χ3v) is 2.34. The van der Waals surface area contributed by atoms with Crippen molar-refractivity contribution in [1.29, 1.82) is 0 Å². The molecule has 16 heavy (non-hydrogen) atoms. The van der Waals surface area contributed by atoms with Crippen LogP contribution in [0.5, 0.6) is 0 Å². The normalized spacial score (nSPS) is 12.6. The maximum Gasteiger partial charge on any atom is 0.168 e. The van der Waals surface area contributed by atoms with Crippen molar-refractivity contribution in [3.8, 4) is 0 Å². The van der Waals surface area contributed by atoms with E-state index in [1.807, 2.05) is 6.92 Å². The fourth-order valence-corrected chi connectivity index (χ4v) is 1.28. The van der Waals surface area contributed by atoms with Crippen molar-refractivity contribution in [2.75, 3.05) is 31.4 Å². The molecule has 0 aliphatic rings. The molecule has 1 aromatic heterocycles. The molecule has 0 spiro atoms. The molecule has 4 nitrogen and oxygen atoms in total. The van der Waals surface area contributed by atoms with Crippen LogP contribution in [0.4, 0.5) is 20.4 Å². The van der Waals surface area contributed by atoms with Crippen molar-refractivity contribution < 1.29 is 13.5 Å². The van der Waals surface area contributed by atoms with Gasteiger partial charge in [-0.15, -0.1) is 0 Å². The monoisotopic (exact) mass is 231 g/mol. The van der Waals surface area contributed by atoms with Crippen molar-refractivity contribution in [3.63, 3.8) is 0 Å². The zero-order chi connectivity index (χ0) is 12.3. The number of halogens is 2. The third-order valence-electron chi connectivity index (χ3n) is 2.34. The van der Waals surface area contributed by atoms with Gasteiger partial charge in [0.2, 0.25) is 0 Å². The van der Waals surface area contributed by atoms with Crippen LogP contribution in [0.3, 0.4) is 0 Å². The van der Waals surface area contributed by atoms with Crippen molar-refractivity contribution in [2.45, 2.75) is 13.0 Å². The topological polar surface area (TPSA) is 51.4 Å². The molecule has 0 bridgehead atoms. The minimum atomic E-state index is -0.853. The van der Waals surface area contributed by atoms with Gasteiger partial charge in [0.1, 0.15) is 0 Å². The molecule has 0 saturated carbocycles. The summed E-state index contributed by atoms with van der Waals surface area (Å²) >= 11 is 0. The average molecular weight is 231 g/mol. The van der Waals surface area contributed by atoms with Crippen LogP contribution in [-0.4, -0.2) is 31.8 Å². The Balaban J connectivity index is 2.99. The molecule has 1 rings (SSSR count). The number of rotatable bonds is 4. The van der Waals surface area contributed by atoms with Gasteiger partial charge in [-0.25, -0.2) is 13.8 Å². The minimum Gasteiger partial charge on any atom is -0.383 e. The lowest BCUT2D eigenvalue weighted by Gasteiger charge is -2.25. The molecular weight excluding hydrogens is 216 g/mol. The van der Waals surface area contributed by atoms with E-state index in [2.05, 4.69) is 4.98 Å². The van der Waals surface area contributed by atoms with Crippen molar-refractivity contribution in [3.05, 3.63) is 17.7 Å². The van der Waals surface area contributed by atoms with Crippen LogP contribution in [0.25, 0.3) is 0 Å². The quantitative estimate of drug-likeness (QED) is 0.851. The predicted molar refractivity (Wildman–Crippen MR) is 58.3 cm³/mol. The molecule has 1 atom stereocenters.